The van der Waals surface area contributed by atoms with E-state index < -0.39 is 0 Å². The SMILES string of the molecule is Cc1ccc2ncc(-c3cnn4c(N)c(Br)c(CNC5(C)CCOCC5)nc34)cc2c1. The molecule has 1 saturated heterocycles. The Hall–Kier alpha value is -2.55. The van der Waals surface area contributed by atoms with Gasteiger partial charge in [0, 0.05) is 48.0 Å². The Labute approximate surface area is 189 Å². The minimum atomic E-state index is 0.0312. The van der Waals surface area contributed by atoms with E-state index in [9.17, 15) is 0 Å². The zero-order valence-electron chi connectivity index (χ0n) is 17.7. The molecule has 0 bridgehead atoms. The highest BCUT2D eigenvalue weighted by atomic mass is 79.9. The average Bonchev–Trinajstić information content (AvgIpc) is 3.19. The van der Waals surface area contributed by atoms with Crippen molar-refractivity contribution in [1.82, 2.24) is 24.9 Å². The Bertz CT molecular complexity index is 1280. The lowest BCUT2D eigenvalue weighted by Crippen LogP contribution is -2.46. The normalized spacial score (nSPS) is 16.2. The molecule has 160 valence electrons. The fourth-order valence-electron chi connectivity index (χ4n) is 4.06. The van der Waals surface area contributed by atoms with Crippen molar-refractivity contribution in [2.24, 2.45) is 0 Å². The van der Waals surface area contributed by atoms with Crippen molar-refractivity contribution in [1.29, 1.82) is 0 Å². The lowest BCUT2D eigenvalue weighted by atomic mass is 9.92. The Morgan fingerprint density at radius 3 is 2.84 bits per heavy atom. The highest BCUT2D eigenvalue weighted by molar-refractivity contribution is 9.10. The van der Waals surface area contributed by atoms with Crippen LogP contribution in [-0.4, -0.2) is 38.3 Å². The topological polar surface area (TPSA) is 90.4 Å². The first kappa shape index (κ1) is 20.4. The van der Waals surface area contributed by atoms with Gasteiger partial charge in [0.25, 0.3) is 0 Å². The van der Waals surface area contributed by atoms with E-state index in [1.54, 1.807) is 10.7 Å². The lowest BCUT2D eigenvalue weighted by Gasteiger charge is -2.34. The summed E-state index contributed by atoms with van der Waals surface area (Å²) in [6.07, 6.45) is 5.63. The number of ether oxygens (including phenoxy) is 1. The van der Waals surface area contributed by atoms with Crippen molar-refractivity contribution in [3.8, 4) is 11.1 Å². The van der Waals surface area contributed by atoms with Crippen LogP contribution >= 0.6 is 15.9 Å². The number of halogens is 1. The molecule has 0 radical (unpaired) electrons. The summed E-state index contributed by atoms with van der Waals surface area (Å²) in [5.74, 6) is 0.537. The van der Waals surface area contributed by atoms with E-state index in [4.69, 9.17) is 15.5 Å². The number of nitrogen functional groups attached to an aromatic ring is 1. The molecule has 3 N–H and O–H groups in total. The van der Waals surface area contributed by atoms with E-state index in [0.29, 0.717) is 12.4 Å². The molecule has 31 heavy (non-hydrogen) atoms. The van der Waals surface area contributed by atoms with Gasteiger partial charge in [0.2, 0.25) is 0 Å². The van der Waals surface area contributed by atoms with Gasteiger partial charge in [0.1, 0.15) is 5.82 Å². The number of fused-ring (bicyclic) bond motifs is 2. The molecule has 0 aliphatic carbocycles. The third-order valence-corrected chi connectivity index (χ3v) is 6.98. The highest BCUT2D eigenvalue weighted by Crippen LogP contribution is 2.31. The van der Waals surface area contributed by atoms with Gasteiger partial charge in [-0.15, -0.1) is 0 Å². The van der Waals surface area contributed by atoms with Gasteiger partial charge in [-0.05, 0) is 60.8 Å². The molecule has 0 saturated carbocycles. The summed E-state index contributed by atoms with van der Waals surface area (Å²) in [5, 5.41) is 9.24. The molecule has 0 atom stereocenters. The van der Waals surface area contributed by atoms with E-state index in [2.05, 4.69) is 63.4 Å². The molecule has 8 heteroatoms. The number of hydrogen-bond donors (Lipinski definition) is 2. The molecule has 3 aromatic heterocycles. The largest absolute Gasteiger partial charge is 0.383 e. The van der Waals surface area contributed by atoms with Crippen LogP contribution in [0.5, 0.6) is 0 Å². The molecule has 1 aliphatic heterocycles. The van der Waals surface area contributed by atoms with Crippen LogP contribution in [0.25, 0.3) is 27.7 Å². The number of nitrogens with zero attached hydrogens (tertiary/aromatic N) is 4. The number of aromatic nitrogens is 4. The molecule has 1 aliphatic rings. The Kier molecular flexibility index (Phi) is 5.16. The maximum atomic E-state index is 6.41. The number of aryl methyl sites for hydroxylation is 1. The minimum absolute atomic E-state index is 0.0312. The van der Waals surface area contributed by atoms with Crippen LogP contribution in [0.2, 0.25) is 0 Å². The predicted molar refractivity (Wildman–Crippen MR) is 126 cm³/mol. The predicted octanol–water partition coefficient (Wildman–Crippen LogP) is 4.26. The lowest BCUT2D eigenvalue weighted by molar-refractivity contribution is 0.0445. The highest BCUT2D eigenvalue weighted by Gasteiger charge is 2.27. The minimum Gasteiger partial charge on any atom is -0.383 e. The third-order valence-electron chi connectivity index (χ3n) is 6.12. The molecular weight excluding hydrogens is 456 g/mol. The zero-order chi connectivity index (χ0) is 21.6. The summed E-state index contributed by atoms with van der Waals surface area (Å²) in [7, 11) is 0. The maximum Gasteiger partial charge on any atom is 0.165 e. The third kappa shape index (κ3) is 3.79. The van der Waals surface area contributed by atoms with Gasteiger partial charge >= 0.3 is 0 Å². The summed E-state index contributed by atoms with van der Waals surface area (Å²) < 4.78 is 7.96. The molecule has 4 heterocycles. The van der Waals surface area contributed by atoms with Gasteiger partial charge in [0.05, 0.1) is 21.9 Å². The van der Waals surface area contributed by atoms with E-state index in [1.807, 2.05) is 12.3 Å². The van der Waals surface area contributed by atoms with Crippen molar-refractivity contribution in [2.45, 2.75) is 38.8 Å². The maximum absolute atomic E-state index is 6.41. The molecule has 1 aromatic carbocycles. The van der Waals surface area contributed by atoms with Crippen LogP contribution in [0.4, 0.5) is 5.82 Å². The number of hydrogen-bond acceptors (Lipinski definition) is 6. The molecule has 0 unspecified atom stereocenters. The van der Waals surface area contributed by atoms with Crippen molar-refractivity contribution in [3.63, 3.8) is 0 Å². The molecule has 0 amide bonds. The standard InChI is InChI=1S/C23H25BrN6O/c1-14-3-4-18-15(9-14)10-16(11-26-18)17-12-28-30-21(25)20(24)19(29-22(17)30)13-27-23(2)5-7-31-8-6-23/h3-4,9-12,27H,5-8,13,25H2,1-2H3. The average molecular weight is 481 g/mol. The van der Waals surface area contributed by atoms with Crippen LogP contribution in [0.15, 0.2) is 41.1 Å². The fraction of sp³-hybridized carbons (Fsp3) is 0.348. The van der Waals surface area contributed by atoms with Crippen LogP contribution in [-0.2, 0) is 11.3 Å². The van der Waals surface area contributed by atoms with Crippen molar-refractivity contribution in [3.05, 3.63) is 52.4 Å². The van der Waals surface area contributed by atoms with E-state index in [0.717, 1.165) is 63.9 Å². The number of pyridine rings is 1. The molecular formula is C23H25BrN6O. The first-order valence-electron chi connectivity index (χ1n) is 10.4. The molecule has 5 rings (SSSR count). The summed E-state index contributed by atoms with van der Waals surface area (Å²) in [4.78, 5) is 9.56. The van der Waals surface area contributed by atoms with Gasteiger partial charge in [-0.2, -0.15) is 9.61 Å². The van der Waals surface area contributed by atoms with E-state index in [1.165, 1.54) is 5.56 Å². The van der Waals surface area contributed by atoms with Gasteiger partial charge in [-0.3, -0.25) is 4.98 Å². The monoisotopic (exact) mass is 480 g/mol. The molecule has 1 fully saturated rings. The fourth-order valence-corrected chi connectivity index (χ4v) is 4.46. The second kappa shape index (κ2) is 7.85. The first-order chi connectivity index (χ1) is 14.9. The van der Waals surface area contributed by atoms with Crippen LogP contribution in [0, 0.1) is 6.92 Å². The Morgan fingerprint density at radius 1 is 1.23 bits per heavy atom. The smallest absolute Gasteiger partial charge is 0.165 e. The number of nitrogens with one attached hydrogen (secondary N) is 1. The molecule has 7 nitrogen and oxygen atoms in total. The Morgan fingerprint density at radius 2 is 2.03 bits per heavy atom. The number of benzene rings is 1. The van der Waals surface area contributed by atoms with Crippen molar-refractivity contribution >= 4 is 38.3 Å². The van der Waals surface area contributed by atoms with Gasteiger partial charge < -0.3 is 15.8 Å². The first-order valence-corrected chi connectivity index (χ1v) is 11.2. The second-order valence-corrected chi connectivity index (χ2v) is 9.29. The summed E-state index contributed by atoms with van der Waals surface area (Å²) in [6.45, 7) is 6.48. The number of nitrogens with two attached hydrogens (primary N) is 1. The van der Waals surface area contributed by atoms with Crippen molar-refractivity contribution < 1.29 is 4.74 Å². The van der Waals surface area contributed by atoms with Gasteiger partial charge in [-0.1, -0.05) is 11.6 Å². The van der Waals surface area contributed by atoms with Gasteiger partial charge in [0.15, 0.2) is 5.65 Å². The number of anilines is 1. The summed E-state index contributed by atoms with van der Waals surface area (Å²) in [6, 6.07) is 8.38. The molecule has 4 aromatic rings. The summed E-state index contributed by atoms with van der Waals surface area (Å²) in [5.41, 5.74) is 12.1. The molecule has 0 spiro atoms. The van der Waals surface area contributed by atoms with Crippen LogP contribution < -0.4 is 11.1 Å². The van der Waals surface area contributed by atoms with Gasteiger partial charge in [-0.25, -0.2) is 4.98 Å². The Balaban J connectivity index is 1.54. The quantitative estimate of drug-likeness (QED) is 0.453. The van der Waals surface area contributed by atoms with Crippen LogP contribution in [0.1, 0.15) is 31.0 Å². The summed E-state index contributed by atoms with van der Waals surface area (Å²) >= 11 is 3.62. The van der Waals surface area contributed by atoms with Crippen molar-refractivity contribution in [2.75, 3.05) is 18.9 Å². The van der Waals surface area contributed by atoms with Crippen LogP contribution in [0.3, 0.4) is 0 Å². The zero-order valence-corrected chi connectivity index (χ0v) is 19.2. The van der Waals surface area contributed by atoms with E-state index >= 15 is 0 Å². The second-order valence-electron chi connectivity index (χ2n) is 8.50. The number of rotatable bonds is 4. The van der Waals surface area contributed by atoms with E-state index in [-0.39, 0.29) is 5.54 Å².